The van der Waals surface area contributed by atoms with Crippen LogP contribution < -0.4 is 16.4 Å². The Bertz CT molecular complexity index is 844. The highest BCUT2D eigenvalue weighted by Gasteiger charge is 2.25. The number of halogens is 1. The van der Waals surface area contributed by atoms with Gasteiger partial charge in [-0.3, -0.25) is 10.00 Å². The van der Waals surface area contributed by atoms with Gasteiger partial charge in [0.15, 0.2) is 5.82 Å². The maximum atomic E-state index is 13.4. The second-order valence-corrected chi connectivity index (χ2v) is 6.64. The summed E-state index contributed by atoms with van der Waals surface area (Å²) in [6, 6.07) is 6.38. The summed E-state index contributed by atoms with van der Waals surface area (Å²) < 4.78 is 13.4. The van der Waals surface area contributed by atoms with E-state index in [9.17, 15) is 4.39 Å². The molecular weight excluding hydrogens is 355 g/mol. The van der Waals surface area contributed by atoms with Gasteiger partial charge in [0, 0.05) is 44.8 Å². The van der Waals surface area contributed by atoms with Crippen molar-refractivity contribution in [2.75, 3.05) is 44.2 Å². The maximum Gasteiger partial charge on any atom is 0.159 e. The molecule has 0 bridgehead atoms. The van der Waals surface area contributed by atoms with Crippen LogP contribution in [0.15, 0.2) is 55.3 Å². The molecule has 0 unspecified atom stereocenters. The number of nitrogens with two attached hydrogens (primary N) is 2. The number of aromatic nitrogens is 2. The number of benzene rings is 1. The van der Waals surface area contributed by atoms with Gasteiger partial charge in [0.05, 0.1) is 11.3 Å². The zero-order valence-electron chi connectivity index (χ0n) is 15.9. The van der Waals surface area contributed by atoms with Crippen molar-refractivity contribution >= 4 is 11.4 Å². The minimum Gasteiger partial charge on any atom is -0.405 e. The monoisotopic (exact) mass is 382 g/mol. The fourth-order valence-corrected chi connectivity index (χ4v) is 3.48. The molecule has 2 aromatic rings. The highest BCUT2D eigenvalue weighted by Crippen LogP contribution is 2.35. The van der Waals surface area contributed by atoms with Gasteiger partial charge in [0.1, 0.15) is 5.82 Å². The number of hydrogen-bond acceptors (Lipinski definition) is 5. The number of allylic oxidation sites excluding steroid dienone is 4. The van der Waals surface area contributed by atoms with Crippen molar-refractivity contribution in [2.24, 2.45) is 11.5 Å². The summed E-state index contributed by atoms with van der Waals surface area (Å²) in [6.45, 7) is 8.96. The van der Waals surface area contributed by atoms with Crippen LogP contribution in [0.4, 0.5) is 10.2 Å². The van der Waals surface area contributed by atoms with Crippen molar-refractivity contribution in [3.8, 4) is 11.3 Å². The maximum absolute atomic E-state index is 13.4. The normalized spacial score (nSPS) is 16.1. The highest BCUT2D eigenvalue weighted by molar-refractivity contribution is 5.90. The third-order valence-corrected chi connectivity index (χ3v) is 4.86. The van der Waals surface area contributed by atoms with E-state index in [2.05, 4.69) is 26.6 Å². The van der Waals surface area contributed by atoms with Crippen LogP contribution in [0.1, 0.15) is 5.56 Å². The van der Waals surface area contributed by atoms with Crippen LogP contribution in [0, 0.1) is 5.82 Å². The van der Waals surface area contributed by atoms with Gasteiger partial charge in [-0.15, -0.1) is 0 Å². The number of hydrogen-bond donors (Lipinski definition) is 3. The summed E-state index contributed by atoms with van der Waals surface area (Å²) in [5, 5.41) is 7.75. The Kier molecular flexibility index (Phi) is 6.62. The van der Waals surface area contributed by atoms with E-state index in [0.717, 1.165) is 60.9 Å². The molecule has 0 spiro atoms. The molecule has 0 atom stereocenters. The number of anilines is 1. The minimum absolute atomic E-state index is 0.273. The Labute approximate surface area is 165 Å². The van der Waals surface area contributed by atoms with E-state index < -0.39 is 0 Å². The highest BCUT2D eigenvalue weighted by atomic mass is 19.1. The van der Waals surface area contributed by atoms with Gasteiger partial charge in [-0.05, 0) is 42.1 Å². The summed E-state index contributed by atoms with van der Waals surface area (Å²) in [7, 11) is 0. The molecule has 1 aliphatic heterocycles. The Morgan fingerprint density at radius 1 is 1.21 bits per heavy atom. The molecule has 3 rings (SSSR count). The molecule has 2 heterocycles. The molecule has 0 aliphatic carbocycles. The SMILES string of the molecule is C=C/C=C(\C=C/N)c1c(N2CCN(CCN)CC2)n[nH]c1-c1ccc(F)cc1. The van der Waals surface area contributed by atoms with E-state index in [1.807, 2.05) is 12.2 Å². The predicted octanol–water partition coefficient (Wildman–Crippen LogP) is 2.34. The number of H-pyrrole nitrogens is 1. The fraction of sp³-hybridized carbons (Fsp3) is 0.286. The number of piperazine rings is 1. The van der Waals surface area contributed by atoms with E-state index in [0.29, 0.717) is 6.54 Å². The molecule has 1 aromatic carbocycles. The first-order valence-electron chi connectivity index (χ1n) is 9.41. The molecule has 6 nitrogen and oxygen atoms in total. The number of nitrogens with zero attached hydrogens (tertiary/aromatic N) is 3. The lowest BCUT2D eigenvalue weighted by Crippen LogP contribution is -2.48. The summed E-state index contributed by atoms with van der Waals surface area (Å²) in [4.78, 5) is 4.61. The van der Waals surface area contributed by atoms with Crippen molar-refractivity contribution in [1.82, 2.24) is 15.1 Å². The van der Waals surface area contributed by atoms with Crippen LogP contribution in [-0.2, 0) is 0 Å². The third-order valence-electron chi connectivity index (χ3n) is 4.86. The summed E-state index contributed by atoms with van der Waals surface area (Å²) in [6.07, 6.45) is 6.95. The zero-order chi connectivity index (χ0) is 19.9. The van der Waals surface area contributed by atoms with Crippen molar-refractivity contribution in [3.05, 3.63) is 66.7 Å². The molecule has 1 aliphatic rings. The van der Waals surface area contributed by atoms with Crippen molar-refractivity contribution in [3.63, 3.8) is 0 Å². The van der Waals surface area contributed by atoms with E-state index in [1.165, 1.54) is 18.3 Å². The first kappa shape index (κ1) is 19.9. The summed E-state index contributed by atoms with van der Waals surface area (Å²) in [5.74, 6) is 0.586. The average Bonchev–Trinajstić information content (AvgIpc) is 3.14. The third kappa shape index (κ3) is 4.32. The number of nitrogens with one attached hydrogen (secondary N) is 1. The van der Waals surface area contributed by atoms with Gasteiger partial charge in [0.2, 0.25) is 0 Å². The predicted molar refractivity (Wildman–Crippen MR) is 113 cm³/mol. The van der Waals surface area contributed by atoms with Gasteiger partial charge in [-0.1, -0.05) is 18.7 Å². The Morgan fingerprint density at radius 2 is 1.93 bits per heavy atom. The van der Waals surface area contributed by atoms with E-state index in [-0.39, 0.29) is 5.82 Å². The molecule has 0 radical (unpaired) electrons. The van der Waals surface area contributed by atoms with Crippen molar-refractivity contribution in [2.45, 2.75) is 0 Å². The lowest BCUT2D eigenvalue weighted by Gasteiger charge is -2.35. The van der Waals surface area contributed by atoms with E-state index in [4.69, 9.17) is 11.5 Å². The van der Waals surface area contributed by atoms with Gasteiger partial charge in [-0.2, -0.15) is 5.10 Å². The van der Waals surface area contributed by atoms with Crippen LogP contribution >= 0.6 is 0 Å². The van der Waals surface area contributed by atoms with Crippen LogP contribution in [0.5, 0.6) is 0 Å². The van der Waals surface area contributed by atoms with Crippen molar-refractivity contribution < 1.29 is 4.39 Å². The zero-order valence-corrected chi connectivity index (χ0v) is 15.9. The lowest BCUT2D eigenvalue weighted by molar-refractivity contribution is 0.264. The standard InChI is InChI=1S/C21H27FN6/c1-2-3-16(8-9-23)19-20(17-4-6-18(22)7-5-17)25-26-21(19)28-14-12-27(11-10-24)13-15-28/h2-9H,1,10-15,23-24H2,(H,25,26)/b9-8-,16-3+. The van der Waals surface area contributed by atoms with Crippen LogP contribution in [-0.4, -0.2) is 54.4 Å². The quantitative estimate of drug-likeness (QED) is 0.640. The molecule has 5 N–H and O–H groups in total. The molecule has 148 valence electrons. The van der Waals surface area contributed by atoms with Crippen molar-refractivity contribution in [1.29, 1.82) is 0 Å². The Morgan fingerprint density at radius 3 is 2.54 bits per heavy atom. The smallest absolute Gasteiger partial charge is 0.159 e. The number of rotatable bonds is 7. The molecule has 28 heavy (non-hydrogen) atoms. The summed E-state index contributed by atoms with van der Waals surface area (Å²) >= 11 is 0. The van der Waals surface area contributed by atoms with Gasteiger partial charge < -0.3 is 16.4 Å². The first-order chi connectivity index (χ1) is 13.7. The van der Waals surface area contributed by atoms with Crippen LogP contribution in [0.2, 0.25) is 0 Å². The minimum atomic E-state index is -0.273. The first-order valence-corrected chi connectivity index (χ1v) is 9.41. The summed E-state index contributed by atoms with van der Waals surface area (Å²) in [5.41, 5.74) is 14.9. The molecule has 7 heteroatoms. The molecule has 1 aromatic heterocycles. The molecule has 0 saturated carbocycles. The Balaban J connectivity index is 2.02. The molecular formula is C21H27FN6. The second kappa shape index (κ2) is 9.34. The average molecular weight is 382 g/mol. The Hall–Kier alpha value is -2.90. The van der Waals surface area contributed by atoms with Gasteiger partial charge in [-0.25, -0.2) is 4.39 Å². The molecule has 1 saturated heterocycles. The van der Waals surface area contributed by atoms with Gasteiger partial charge >= 0.3 is 0 Å². The molecule has 0 amide bonds. The van der Waals surface area contributed by atoms with E-state index >= 15 is 0 Å². The van der Waals surface area contributed by atoms with Crippen LogP contribution in [0.3, 0.4) is 0 Å². The lowest BCUT2D eigenvalue weighted by atomic mass is 9.99. The second-order valence-electron chi connectivity index (χ2n) is 6.64. The molecule has 1 fully saturated rings. The van der Waals surface area contributed by atoms with Gasteiger partial charge in [0.25, 0.3) is 0 Å². The van der Waals surface area contributed by atoms with Crippen LogP contribution in [0.25, 0.3) is 16.8 Å². The van der Waals surface area contributed by atoms with E-state index in [1.54, 1.807) is 18.2 Å². The number of aromatic amines is 1. The fourth-order valence-electron chi connectivity index (χ4n) is 3.48. The topological polar surface area (TPSA) is 87.2 Å². The largest absolute Gasteiger partial charge is 0.405 e.